The van der Waals surface area contributed by atoms with Crippen molar-refractivity contribution in [1.29, 1.82) is 0 Å². The van der Waals surface area contributed by atoms with E-state index in [-0.39, 0.29) is 44.5 Å². The molecule has 4 nitrogen and oxygen atoms in total. The maximum Gasteiger partial charge on any atom is 0.333 e. The first kappa shape index (κ1) is 29.6. The van der Waals surface area contributed by atoms with Gasteiger partial charge in [-0.3, -0.25) is 0 Å². The van der Waals surface area contributed by atoms with Crippen molar-refractivity contribution in [3.8, 4) is 21.9 Å². The first-order chi connectivity index (χ1) is 18.2. The van der Waals surface area contributed by atoms with Gasteiger partial charge >= 0.3 is 5.97 Å². The predicted molar refractivity (Wildman–Crippen MR) is 152 cm³/mol. The first-order valence-corrected chi connectivity index (χ1v) is 14.1. The van der Waals surface area contributed by atoms with E-state index in [1.165, 1.54) is 31.7 Å². The summed E-state index contributed by atoms with van der Waals surface area (Å²) in [5, 5.41) is 1.10. The molecule has 3 rings (SSSR count). The molecule has 1 aromatic heterocycles. The molecule has 0 amide bonds. The largest absolute Gasteiger partial charge is 0.496 e. The minimum absolute atomic E-state index is 0.0322. The van der Waals surface area contributed by atoms with Gasteiger partial charge < -0.3 is 14.2 Å². The summed E-state index contributed by atoms with van der Waals surface area (Å²) in [6, 6.07) is 14.4. The molecule has 0 radical (unpaired) electrons. The number of hydrogen-bond donors (Lipinski definition) is 0. The number of halogens is 2. The summed E-state index contributed by atoms with van der Waals surface area (Å²) in [6.45, 7) is 7.37. The highest BCUT2D eigenvalue weighted by Crippen LogP contribution is 2.40. The molecule has 0 saturated carbocycles. The van der Waals surface area contributed by atoms with Crippen molar-refractivity contribution in [3.63, 3.8) is 0 Å². The van der Waals surface area contributed by atoms with E-state index in [9.17, 15) is 13.6 Å². The second-order valence-electron chi connectivity index (χ2n) is 9.63. The van der Waals surface area contributed by atoms with Crippen LogP contribution < -0.4 is 9.47 Å². The average Bonchev–Trinajstić information content (AvgIpc) is 3.32. The minimum Gasteiger partial charge on any atom is -0.496 e. The maximum atomic E-state index is 14.1. The van der Waals surface area contributed by atoms with Crippen molar-refractivity contribution in [2.45, 2.75) is 71.1 Å². The quantitative estimate of drug-likeness (QED) is 0.103. The third-order valence-electron chi connectivity index (χ3n) is 6.32. The van der Waals surface area contributed by atoms with E-state index in [1.807, 2.05) is 18.2 Å². The van der Waals surface area contributed by atoms with Crippen LogP contribution in [0, 0.1) is 0 Å². The van der Waals surface area contributed by atoms with Gasteiger partial charge in [0, 0.05) is 33.6 Å². The van der Waals surface area contributed by atoms with E-state index < -0.39 is 11.9 Å². The van der Waals surface area contributed by atoms with E-state index in [2.05, 4.69) is 37.8 Å². The molecule has 206 valence electrons. The second kappa shape index (κ2) is 14.3. The Kier molecular flexibility index (Phi) is 11.1. The van der Waals surface area contributed by atoms with Crippen LogP contribution in [0.4, 0.5) is 8.78 Å². The third kappa shape index (κ3) is 8.83. The van der Waals surface area contributed by atoms with Crippen LogP contribution in [-0.2, 0) is 16.0 Å². The normalized spacial score (nSPS) is 11.5. The Labute approximate surface area is 228 Å². The van der Waals surface area contributed by atoms with Gasteiger partial charge in [-0.15, -0.1) is 11.3 Å². The number of benzene rings is 2. The van der Waals surface area contributed by atoms with Crippen molar-refractivity contribution >= 4 is 27.4 Å². The van der Waals surface area contributed by atoms with E-state index in [1.54, 1.807) is 18.4 Å². The van der Waals surface area contributed by atoms with E-state index >= 15 is 0 Å². The van der Waals surface area contributed by atoms with Gasteiger partial charge in [0.25, 0.3) is 0 Å². The number of carbonyl (C=O) groups excluding carboxylic acids is 1. The van der Waals surface area contributed by atoms with Gasteiger partial charge in [0.2, 0.25) is 5.92 Å². The number of methoxy groups -OCH3 is 1. The number of hydrogen-bond acceptors (Lipinski definition) is 5. The molecule has 0 bridgehead atoms. The standard InChI is InChI=1S/C31H38F2O4S/c1-5-6-7-10-23-11-14-26(27(19-23)35-4)29-20-24-12-13-25(21-28(24)38-29)36-17-8-15-31(32,33)16-9-18-37-30(34)22(2)3/h11-14,19-21H,2,5-10,15-18H2,1,3-4H3. The lowest BCUT2D eigenvalue weighted by atomic mass is 10.0. The minimum atomic E-state index is -2.82. The summed E-state index contributed by atoms with van der Waals surface area (Å²) in [7, 11) is 1.70. The number of thiophene rings is 1. The van der Waals surface area contributed by atoms with Crippen molar-refractivity contribution in [2.75, 3.05) is 20.3 Å². The van der Waals surface area contributed by atoms with Crippen LogP contribution in [0.5, 0.6) is 11.5 Å². The fourth-order valence-electron chi connectivity index (χ4n) is 4.17. The maximum absolute atomic E-state index is 14.1. The number of unbranched alkanes of at least 4 members (excludes halogenated alkanes) is 2. The molecule has 0 spiro atoms. The van der Waals surface area contributed by atoms with Crippen molar-refractivity contribution in [3.05, 3.63) is 60.2 Å². The highest BCUT2D eigenvalue weighted by Gasteiger charge is 2.27. The molecule has 2 aromatic carbocycles. The summed E-state index contributed by atoms with van der Waals surface area (Å²) in [6.07, 6.45) is 4.38. The van der Waals surface area contributed by atoms with Gasteiger partial charge in [0.05, 0.1) is 20.3 Å². The summed E-state index contributed by atoms with van der Waals surface area (Å²) < 4.78 is 45.7. The average molecular weight is 545 g/mol. The Morgan fingerprint density at radius 3 is 2.47 bits per heavy atom. The van der Waals surface area contributed by atoms with E-state index in [0.29, 0.717) is 5.75 Å². The Bertz CT molecular complexity index is 1220. The van der Waals surface area contributed by atoms with Crippen LogP contribution in [-0.4, -0.2) is 32.2 Å². The Hall–Kier alpha value is -2.93. The van der Waals surface area contributed by atoms with Crippen molar-refractivity contribution < 1.29 is 27.8 Å². The monoisotopic (exact) mass is 544 g/mol. The van der Waals surface area contributed by atoms with Gasteiger partial charge in [-0.25, -0.2) is 13.6 Å². The van der Waals surface area contributed by atoms with Crippen LogP contribution in [0.2, 0.25) is 0 Å². The SMILES string of the molecule is C=C(C)C(=O)OCCCC(F)(F)CCCOc1ccc2cc(-c3ccc(CCCCC)cc3OC)sc2c1. The highest BCUT2D eigenvalue weighted by atomic mass is 32.1. The van der Waals surface area contributed by atoms with Crippen LogP contribution in [0.3, 0.4) is 0 Å². The van der Waals surface area contributed by atoms with Gasteiger partial charge in [0.1, 0.15) is 11.5 Å². The molecule has 7 heteroatoms. The summed E-state index contributed by atoms with van der Waals surface area (Å²) in [5.74, 6) is -1.83. The number of carbonyl (C=O) groups is 1. The van der Waals surface area contributed by atoms with Gasteiger partial charge in [-0.05, 0) is 80.0 Å². The molecule has 0 unspecified atom stereocenters. The first-order valence-electron chi connectivity index (χ1n) is 13.3. The summed E-state index contributed by atoms with van der Waals surface area (Å²) in [5.41, 5.74) is 2.61. The summed E-state index contributed by atoms with van der Waals surface area (Å²) >= 11 is 1.66. The summed E-state index contributed by atoms with van der Waals surface area (Å²) in [4.78, 5) is 12.4. The Morgan fingerprint density at radius 2 is 1.76 bits per heavy atom. The number of rotatable bonds is 16. The fraction of sp³-hybridized carbons (Fsp3) is 0.452. The van der Waals surface area contributed by atoms with Gasteiger partial charge in [0.15, 0.2) is 0 Å². The molecular weight excluding hydrogens is 506 g/mol. The molecule has 38 heavy (non-hydrogen) atoms. The predicted octanol–water partition coefficient (Wildman–Crippen LogP) is 9.00. The number of ether oxygens (including phenoxy) is 3. The third-order valence-corrected chi connectivity index (χ3v) is 7.45. The van der Waals surface area contributed by atoms with Crippen LogP contribution in [0.1, 0.15) is 64.4 Å². The zero-order valence-corrected chi connectivity index (χ0v) is 23.4. The van der Waals surface area contributed by atoms with E-state index in [0.717, 1.165) is 32.7 Å². The topological polar surface area (TPSA) is 44.8 Å². The van der Waals surface area contributed by atoms with Gasteiger partial charge in [-0.2, -0.15) is 0 Å². The van der Waals surface area contributed by atoms with Crippen molar-refractivity contribution in [2.24, 2.45) is 0 Å². The van der Waals surface area contributed by atoms with Crippen LogP contribution >= 0.6 is 11.3 Å². The molecule has 0 N–H and O–H groups in total. The lowest BCUT2D eigenvalue weighted by Gasteiger charge is -2.16. The Balaban J connectivity index is 1.52. The molecule has 0 aliphatic carbocycles. The number of alkyl halides is 2. The Morgan fingerprint density at radius 1 is 1.00 bits per heavy atom. The zero-order valence-electron chi connectivity index (χ0n) is 22.6. The van der Waals surface area contributed by atoms with Crippen LogP contribution in [0.15, 0.2) is 54.6 Å². The molecule has 1 heterocycles. The lowest BCUT2D eigenvalue weighted by molar-refractivity contribution is -0.139. The van der Waals surface area contributed by atoms with Crippen molar-refractivity contribution in [1.82, 2.24) is 0 Å². The number of aryl methyl sites for hydroxylation is 1. The fourth-order valence-corrected chi connectivity index (χ4v) is 5.29. The molecule has 0 aliphatic heterocycles. The lowest BCUT2D eigenvalue weighted by Crippen LogP contribution is -2.18. The van der Waals surface area contributed by atoms with Crippen LogP contribution in [0.25, 0.3) is 20.5 Å². The zero-order chi connectivity index (χ0) is 27.5. The highest BCUT2D eigenvalue weighted by molar-refractivity contribution is 7.22. The number of fused-ring (bicyclic) bond motifs is 1. The molecule has 3 aromatic rings. The molecule has 0 aliphatic rings. The molecule has 0 atom stereocenters. The van der Waals surface area contributed by atoms with E-state index in [4.69, 9.17) is 14.2 Å². The smallest absolute Gasteiger partial charge is 0.333 e. The molecule has 0 saturated heterocycles. The second-order valence-corrected chi connectivity index (χ2v) is 10.7. The molecule has 0 fully saturated rings. The molecular formula is C31H38F2O4S. The number of esters is 1. The van der Waals surface area contributed by atoms with Gasteiger partial charge in [-0.1, -0.05) is 32.4 Å².